The van der Waals surface area contributed by atoms with Gasteiger partial charge in [-0.05, 0) is 52.1 Å². The van der Waals surface area contributed by atoms with E-state index in [1.54, 1.807) is 6.07 Å². The van der Waals surface area contributed by atoms with E-state index in [2.05, 4.69) is 49.7 Å². The maximum Gasteiger partial charge on any atom is 0.329 e. The molecule has 1 N–H and O–H groups in total. The van der Waals surface area contributed by atoms with Crippen LogP contribution in [0.5, 0.6) is 0 Å². The molecule has 2 heterocycles. The van der Waals surface area contributed by atoms with Crippen molar-refractivity contribution in [3.8, 4) is 0 Å². The number of rotatable bonds is 5. The predicted molar refractivity (Wildman–Crippen MR) is 119 cm³/mol. The summed E-state index contributed by atoms with van der Waals surface area (Å²) in [7, 11) is 0. The van der Waals surface area contributed by atoms with Gasteiger partial charge in [-0.15, -0.1) is 6.58 Å². The average molecular weight is 411 g/mol. The fourth-order valence-corrected chi connectivity index (χ4v) is 4.90. The van der Waals surface area contributed by atoms with Crippen molar-refractivity contribution in [2.24, 2.45) is 0 Å². The molecular formula is C26H32F2N2. The summed E-state index contributed by atoms with van der Waals surface area (Å²) in [5.41, 5.74) is 7.58. The van der Waals surface area contributed by atoms with Crippen LogP contribution < -0.4 is 5.32 Å². The second kappa shape index (κ2) is 8.24. The number of hydrogen-bond acceptors (Lipinski definition) is 2. The van der Waals surface area contributed by atoms with Gasteiger partial charge in [0.1, 0.15) is 0 Å². The Bertz CT molecular complexity index is 948. The second-order valence-electron chi connectivity index (χ2n) is 9.07. The highest BCUT2D eigenvalue weighted by Gasteiger charge is 2.36. The Balaban J connectivity index is 1.74. The van der Waals surface area contributed by atoms with Crippen LogP contribution in [0.3, 0.4) is 0 Å². The van der Waals surface area contributed by atoms with Crippen molar-refractivity contribution < 1.29 is 8.78 Å². The first kappa shape index (κ1) is 21.2. The van der Waals surface area contributed by atoms with Gasteiger partial charge in [-0.2, -0.15) is 8.78 Å². The maximum atomic E-state index is 14.2. The van der Waals surface area contributed by atoms with E-state index in [0.717, 1.165) is 37.2 Å². The molecule has 2 aliphatic heterocycles. The lowest BCUT2D eigenvalue weighted by molar-refractivity contribution is -0.0468. The first-order valence-corrected chi connectivity index (χ1v) is 11.0. The van der Waals surface area contributed by atoms with Crippen LogP contribution in [0.1, 0.15) is 71.6 Å². The zero-order valence-electron chi connectivity index (χ0n) is 18.3. The first-order valence-electron chi connectivity index (χ1n) is 11.0. The lowest BCUT2D eigenvalue weighted by Crippen LogP contribution is -2.40. The van der Waals surface area contributed by atoms with Crippen LogP contribution >= 0.6 is 0 Å². The standard InChI is InChI=1S/C26H32F2N2/c1-5-11-30-12-9-23-22(16-30)14-21(17(2)3)15-24(23)18(4)19-6-7-25-20(13-19)8-10-29-26(25,27)28/h5-7,13-15,17-18,29H,1,8-12,16H2,2-4H3. The number of nitrogens with zero attached hydrogens (tertiary/aromatic N) is 1. The van der Waals surface area contributed by atoms with Crippen molar-refractivity contribution in [2.45, 2.75) is 58.0 Å². The van der Waals surface area contributed by atoms with E-state index in [0.29, 0.717) is 18.9 Å². The molecule has 1 unspecified atom stereocenters. The number of benzene rings is 2. The summed E-state index contributed by atoms with van der Waals surface area (Å²) in [5, 5.41) is 2.33. The van der Waals surface area contributed by atoms with Crippen LogP contribution in [0.15, 0.2) is 43.0 Å². The molecule has 0 aliphatic carbocycles. The molecule has 2 aromatic rings. The summed E-state index contributed by atoms with van der Waals surface area (Å²) in [6.45, 7) is 13.8. The predicted octanol–water partition coefficient (Wildman–Crippen LogP) is 5.70. The molecule has 0 radical (unpaired) electrons. The molecule has 0 amide bonds. The van der Waals surface area contributed by atoms with Crippen molar-refractivity contribution in [2.75, 3.05) is 19.6 Å². The van der Waals surface area contributed by atoms with Gasteiger partial charge in [0.05, 0.1) is 0 Å². The highest BCUT2D eigenvalue weighted by atomic mass is 19.3. The summed E-state index contributed by atoms with van der Waals surface area (Å²) < 4.78 is 28.4. The van der Waals surface area contributed by atoms with Gasteiger partial charge in [-0.25, -0.2) is 0 Å². The Morgan fingerprint density at radius 2 is 1.87 bits per heavy atom. The minimum atomic E-state index is -2.93. The normalized spacial score (nSPS) is 19.3. The van der Waals surface area contributed by atoms with Gasteiger partial charge >= 0.3 is 6.05 Å². The Morgan fingerprint density at radius 1 is 1.10 bits per heavy atom. The third-order valence-electron chi connectivity index (χ3n) is 6.70. The fourth-order valence-electron chi connectivity index (χ4n) is 4.90. The summed E-state index contributed by atoms with van der Waals surface area (Å²) in [5.74, 6) is 0.626. The summed E-state index contributed by atoms with van der Waals surface area (Å²) in [6, 6.07) is 7.32. The largest absolute Gasteiger partial charge is 0.329 e. The lowest BCUT2D eigenvalue weighted by atomic mass is 9.81. The smallest absolute Gasteiger partial charge is 0.295 e. The van der Waals surface area contributed by atoms with Crippen LogP contribution in [-0.4, -0.2) is 24.5 Å². The highest BCUT2D eigenvalue weighted by molar-refractivity contribution is 5.48. The van der Waals surface area contributed by atoms with Crippen LogP contribution in [-0.2, 0) is 25.4 Å². The van der Waals surface area contributed by atoms with E-state index in [-0.39, 0.29) is 11.5 Å². The molecule has 0 saturated heterocycles. The molecule has 0 fully saturated rings. The molecule has 2 aromatic carbocycles. The molecule has 2 aliphatic rings. The van der Waals surface area contributed by atoms with Crippen molar-refractivity contribution in [3.05, 3.63) is 81.9 Å². The topological polar surface area (TPSA) is 15.3 Å². The van der Waals surface area contributed by atoms with E-state index in [1.165, 1.54) is 22.3 Å². The van der Waals surface area contributed by atoms with E-state index in [9.17, 15) is 8.78 Å². The third kappa shape index (κ3) is 3.95. The number of fused-ring (bicyclic) bond motifs is 2. The van der Waals surface area contributed by atoms with E-state index < -0.39 is 6.05 Å². The number of hydrogen-bond donors (Lipinski definition) is 1. The average Bonchev–Trinajstić information content (AvgIpc) is 2.72. The quantitative estimate of drug-likeness (QED) is 0.502. The SMILES string of the molecule is C=CCN1CCc2c(cc(C(C)C)cc2C(C)c2ccc3c(c2)CCNC3(F)F)C1. The summed E-state index contributed by atoms with van der Waals surface area (Å²) >= 11 is 0. The minimum absolute atomic E-state index is 0.128. The van der Waals surface area contributed by atoms with Crippen LogP contribution in [0.25, 0.3) is 0 Å². The Kier molecular flexibility index (Phi) is 5.82. The van der Waals surface area contributed by atoms with E-state index in [1.807, 2.05) is 18.2 Å². The lowest BCUT2D eigenvalue weighted by Gasteiger charge is -2.32. The molecule has 30 heavy (non-hydrogen) atoms. The first-order chi connectivity index (χ1) is 14.3. The molecule has 0 bridgehead atoms. The maximum absolute atomic E-state index is 14.2. The van der Waals surface area contributed by atoms with Crippen molar-refractivity contribution >= 4 is 0 Å². The fraction of sp³-hybridized carbons (Fsp3) is 0.462. The summed E-state index contributed by atoms with van der Waals surface area (Å²) in [6.07, 6.45) is 3.64. The molecule has 1 atom stereocenters. The monoisotopic (exact) mass is 410 g/mol. The van der Waals surface area contributed by atoms with Crippen molar-refractivity contribution in [1.29, 1.82) is 0 Å². The molecule has 0 saturated carbocycles. The molecule has 0 spiro atoms. The van der Waals surface area contributed by atoms with Gasteiger partial charge in [0.25, 0.3) is 0 Å². The number of alkyl halides is 2. The van der Waals surface area contributed by atoms with Gasteiger partial charge in [0.15, 0.2) is 0 Å². The zero-order chi connectivity index (χ0) is 21.5. The van der Waals surface area contributed by atoms with Gasteiger partial charge in [-0.1, -0.05) is 57.2 Å². The van der Waals surface area contributed by atoms with E-state index in [4.69, 9.17) is 0 Å². The minimum Gasteiger partial charge on any atom is -0.295 e. The third-order valence-corrected chi connectivity index (χ3v) is 6.70. The van der Waals surface area contributed by atoms with E-state index >= 15 is 0 Å². The Morgan fingerprint density at radius 3 is 2.60 bits per heavy atom. The molecule has 4 heteroatoms. The Hall–Kier alpha value is -2.04. The molecular weight excluding hydrogens is 378 g/mol. The zero-order valence-corrected chi connectivity index (χ0v) is 18.3. The van der Waals surface area contributed by atoms with Crippen LogP contribution in [0, 0.1) is 0 Å². The number of halogens is 2. The van der Waals surface area contributed by atoms with Crippen LogP contribution in [0.4, 0.5) is 8.78 Å². The summed E-state index contributed by atoms with van der Waals surface area (Å²) in [4.78, 5) is 2.43. The second-order valence-corrected chi connectivity index (χ2v) is 9.07. The van der Waals surface area contributed by atoms with Crippen molar-refractivity contribution in [3.63, 3.8) is 0 Å². The molecule has 2 nitrogen and oxygen atoms in total. The molecule has 160 valence electrons. The molecule has 4 rings (SSSR count). The van der Waals surface area contributed by atoms with Crippen molar-refractivity contribution in [1.82, 2.24) is 10.2 Å². The molecule has 0 aromatic heterocycles. The number of nitrogens with one attached hydrogen (secondary N) is 1. The van der Waals surface area contributed by atoms with Gasteiger partial charge < -0.3 is 0 Å². The Labute approximate surface area is 179 Å². The van der Waals surface area contributed by atoms with Gasteiger partial charge in [0.2, 0.25) is 0 Å². The van der Waals surface area contributed by atoms with Crippen LogP contribution in [0.2, 0.25) is 0 Å². The van der Waals surface area contributed by atoms with Gasteiger partial charge in [0, 0.05) is 37.7 Å². The van der Waals surface area contributed by atoms with Gasteiger partial charge in [-0.3, -0.25) is 10.2 Å². The highest BCUT2D eigenvalue weighted by Crippen LogP contribution is 2.38.